The van der Waals surface area contributed by atoms with Gasteiger partial charge >= 0.3 is 0 Å². The van der Waals surface area contributed by atoms with Crippen molar-refractivity contribution in [1.29, 1.82) is 0 Å². The highest BCUT2D eigenvalue weighted by atomic mass is 16.3. The van der Waals surface area contributed by atoms with Crippen molar-refractivity contribution < 1.29 is 5.11 Å². The predicted molar refractivity (Wildman–Crippen MR) is 67.4 cm³/mol. The van der Waals surface area contributed by atoms with Gasteiger partial charge in [-0.25, -0.2) is 0 Å². The third-order valence-electron chi connectivity index (χ3n) is 2.55. The number of benzene rings is 1. The summed E-state index contributed by atoms with van der Waals surface area (Å²) in [6.45, 7) is 8.67. The van der Waals surface area contributed by atoms with Crippen LogP contribution in [0.5, 0.6) is 5.75 Å². The molecular formula is C14H24O. The number of aromatic hydroxyl groups is 1. The quantitative estimate of drug-likeness (QED) is 0.762. The Balaban J connectivity index is 0.000000423. The van der Waals surface area contributed by atoms with Crippen molar-refractivity contribution >= 4 is 0 Å². The number of hydrogen-bond donors (Lipinski definition) is 1. The van der Waals surface area contributed by atoms with Crippen molar-refractivity contribution in [3.05, 3.63) is 29.8 Å². The molecule has 1 rings (SSSR count). The van der Waals surface area contributed by atoms with Gasteiger partial charge in [-0.1, -0.05) is 52.7 Å². The second-order valence-corrected chi connectivity index (χ2v) is 3.90. The fraction of sp³-hybridized carbons (Fsp3) is 0.571. The smallest absolute Gasteiger partial charge is 0.115 e. The van der Waals surface area contributed by atoms with Gasteiger partial charge in [0.05, 0.1) is 0 Å². The molecular weight excluding hydrogens is 184 g/mol. The lowest BCUT2D eigenvalue weighted by Gasteiger charge is -2.07. The number of phenols is 1. The van der Waals surface area contributed by atoms with Gasteiger partial charge in [0.1, 0.15) is 5.75 Å². The minimum absolute atomic E-state index is 0.364. The number of phenolic OH excluding ortho intramolecular Hbond substituents is 1. The predicted octanol–water partition coefficient (Wildman–Crippen LogP) is 4.71. The Hall–Kier alpha value is -0.980. The van der Waals surface area contributed by atoms with Crippen LogP contribution < -0.4 is 0 Å². The Morgan fingerprint density at radius 1 is 1.13 bits per heavy atom. The van der Waals surface area contributed by atoms with E-state index in [4.69, 9.17) is 5.11 Å². The third-order valence-corrected chi connectivity index (χ3v) is 2.55. The summed E-state index contributed by atoms with van der Waals surface area (Å²) in [4.78, 5) is 0. The van der Waals surface area contributed by atoms with E-state index in [1.54, 1.807) is 6.07 Å². The molecule has 0 aromatic heterocycles. The van der Waals surface area contributed by atoms with Gasteiger partial charge in [-0.15, -0.1) is 0 Å². The standard InChI is InChI=1S/C10H14O.C4H10/c1-3-8(2)9-5-4-6-10(11)7-9;1-3-4-2/h4-8,11H,3H2,1-2H3;3-4H2,1-2H3. The zero-order valence-corrected chi connectivity index (χ0v) is 10.5. The number of unbranched alkanes of at least 4 members (excludes halogenated alkanes) is 1. The van der Waals surface area contributed by atoms with Crippen LogP contribution in [0.3, 0.4) is 0 Å². The molecule has 1 nitrogen and oxygen atoms in total. The molecule has 0 heterocycles. The summed E-state index contributed by atoms with van der Waals surface area (Å²) in [5, 5.41) is 9.16. The summed E-state index contributed by atoms with van der Waals surface area (Å²) in [7, 11) is 0. The van der Waals surface area contributed by atoms with Crippen molar-refractivity contribution in [3.63, 3.8) is 0 Å². The van der Waals surface area contributed by atoms with Crippen molar-refractivity contribution in [3.8, 4) is 5.75 Å². The minimum atomic E-state index is 0.364. The molecule has 1 aromatic carbocycles. The highest BCUT2D eigenvalue weighted by Crippen LogP contribution is 2.21. The monoisotopic (exact) mass is 208 g/mol. The summed E-state index contributed by atoms with van der Waals surface area (Å²) >= 11 is 0. The first-order chi connectivity index (χ1) is 7.15. The summed E-state index contributed by atoms with van der Waals surface area (Å²) in [5.74, 6) is 0.907. The van der Waals surface area contributed by atoms with E-state index in [1.807, 2.05) is 18.2 Å². The minimum Gasteiger partial charge on any atom is -0.508 e. The first-order valence-corrected chi connectivity index (χ1v) is 5.94. The van der Waals surface area contributed by atoms with E-state index in [2.05, 4.69) is 27.7 Å². The fourth-order valence-corrected chi connectivity index (χ4v) is 1.07. The molecule has 1 aromatic rings. The van der Waals surface area contributed by atoms with Crippen LogP contribution in [0.25, 0.3) is 0 Å². The zero-order chi connectivity index (χ0) is 11.7. The molecule has 0 radical (unpaired) electrons. The molecule has 1 atom stereocenters. The first-order valence-electron chi connectivity index (χ1n) is 5.94. The molecule has 0 saturated carbocycles. The van der Waals surface area contributed by atoms with Crippen LogP contribution in [-0.2, 0) is 0 Å². The summed E-state index contributed by atoms with van der Waals surface area (Å²) < 4.78 is 0. The van der Waals surface area contributed by atoms with E-state index in [1.165, 1.54) is 18.4 Å². The van der Waals surface area contributed by atoms with Crippen LogP contribution >= 0.6 is 0 Å². The van der Waals surface area contributed by atoms with Crippen molar-refractivity contribution in [2.45, 2.75) is 52.9 Å². The van der Waals surface area contributed by atoms with E-state index in [0.717, 1.165) is 6.42 Å². The number of rotatable bonds is 3. The maximum atomic E-state index is 9.16. The average molecular weight is 208 g/mol. The first kappa shape index (κ1) is 14.0. The molecule has 86 valence electrons. The molecule has 0 aliphatic heterocycles. The number of hydrogen-bond acceptors (Lipinski definition) is 1. The van der Waals surface area contributed by atoms with Crippen LogP contribution in [0.4, 0.5) is 0 Å². The molecule has 1 N–H and O–H groups in total. The van der Waals surface area contributed by atoms with Crippen LogP contribution in [-0.4, -0.2) is 5.11 Å². The molecule has 1 heteroatoms. The average Bonchev–Trinajstić information content (AvgIpc) is 2.28. The van der Waals surface area contributed by atoms with Gasteiger partial charge in [0, 0.05) is 0 Å². The fourth-order valence-electron chi connectivity index (χ4n) is 1.07. The largest absolute Gasteiger partial charge is 0.508 e. The Morgan fingerprint density at radius 3 is 2.13 bits per heavy atom. The molecule has 0 amide bonds. The van der Waals surface area contributed by atoms with Crippen LogP contribution in [0.2, 0.25) is 0 Å². The summed E-state index contributed by atoms with van der Waals surface area (Å²) in [5.41, 5.74) is 1.22. The maximum Gasteiger partial charge on any atom is 0.115 e. The lowest BCUT2D eigenvalue weighted by molar-refractivity contribution is 0.473. The Labute approximate surface area is 94.2 Å². The van der Waals surface area contributed by atoms with Gasteiger partial charge in [0.25, 0.3) is 0 Å². The lowest BCUT2D eigenvalue weighted by Crippen LogP contribution is -1.89. The molecule has 0 spiro atoms. The van der Waals surface area contributed by atoms with Crippen LogP contribution in [0.1, 0.15) is 58.4 Å². The van der Waals surface area contributed by atoms with Crippen LogP contribution in [0, 0.1) is 0 Å². The van der Waals surface area contributed by atoms with Crippen molar-refractivity contribution in [2.75, 3.05) is 0 Å². The zero-order valence-electron chi connectivity index (χ0n) is 10.5. The normalized spacial score (nSPS) is 11.5. The van der Waals surface area contributed by atoms with Gasteiger partial charge in [0.2, 0.25) is 0 Å². The van der Waals surface area contributed by atoms with E-state index < -0.39 is 0 Å². The second kappa shape index (κ2) is 8.34. The van der Waals surface area contributed by atoms with Crippen molar-refractivity contribution in [2.24, 2.45) is 0 Å². The van der Waals surface area contributed by atoms with Crippen LogP contribution in [0.15, 0.2) is 24.3 Å². The molecule has 1 unspecified atom stereocenters. The van der Waals surface area contributed by atoms with E-state index in [-0.39, 0.29) is 0 Å². The highest BCUT2D eigenvalue weighted by molar-refractivity contribution is 5.29. The molecule has 15 heavy (non-hydrogen) atoms. The van der Waals surface area contributed by atoms with E-state index >= 15 is 0 Å². The Morgan fingerprint density at radius 2 is 1.73 bits per heavy atom. The van der Waals surface area contributed by atoms with Gasteiger partial charge in [-0.2, -0.15) is 0 Å². The van der Waals surface area contributed by atoms with Gasteiger partial charge in [-0.05, 0) is 30.0 Å². The Kier molecular flexibility index (Phi) is 7.79. The van der Waals surface area contributed by atoms with E-state index in [0.29, 0.717) is 11.7 Å². The molecule has 0 saturated heterocycles. The Bertz CT molecular complexity index is 253. The van der Waals surface area contributed by atoms with Gasteiger partial charge in [-0.3, -0.25) is 0 Å². The van der Waals surface area contributed by atoms with Gasteiger partial charge < -0.3 is 5.11 Å². The van der Waals surface area contributed by atoms with E-state index in [9.17, 15) is 0 Å². The topological polar surface area (TPSA) is 20.2 Å². The van der Waals surface area contributed by atoms with Gasteiger partial charge in [0.15, 0.2) is 0 Å². The summed E-state index contributed by atoms with van der Waals surface area (Å²) in [6, 6.07) is 7.46. The SMILES string of the molecule is CCC(C)c1cccc(O)c1.CCCC. The molecule has 0 bridgehead atoms. The molecule has 0 aliphatic rings. The lowest BCUT2D eigenvalue weighted by atomic mass is 9.99. The third kappa shape index (κ3) is 6.16. The summed E-state index contributed by atoms with van der Waals surface area (Å²) in [6.07, 6.45) is 3.75. The molecule has 0 fully saturated rings. The maximum absolute atomic E-state index is 9.16. The molecule has 0 aliphatic carbocycles. The second-order valence-electron chi connectivity index (χ2n) is 3.90. The van der Waals surface area contributed by atoms with Crippen molar-refractivity contribution in [1.82, 2.24) is 0 Å². The highest BCUT2D eigenvalue weighted by Gasteiger charge is 2.01.